The van der Waals surface area contributed by atoms with Crippen LogP contribution in [0.25, 0.3) is 0 Å². The molecule has 0 spiro atoms. The molecule has 1 heterocycles. The first kappa shape index (κ1) is 7.92. The molecule has 0 radical (unpaired) electrons. The van der Waals surface area contributed by atoms with E-state index < -0.39 is 0 Å². The maximum Gasteiger partial charge on any atom is 0.0871 e. The van der Waals surface area contributed by atoms with Gasteiger partial charge in [0, 0.05) is 12.7 Å². The molecule has 0 saturated heterocycles. The molecule has 11 heavy (non-hydrogen) atoms. The molecule has 0 aromatic carbocycles. The van der Waals surface area contributed by atoms with Gasteiger partial charge in [-0.15, -0.1) is 0 Å². The van der Waals surface area contributed by atoms with E-state index in [0.29, 0.717) is 0 Å². The first-order chi connectivity index (χ1) is 5.25. The summed E-state index contributed by atoms with van der Waals surface area (Å²) < 4.78 is 0. The first-order valence-corrected chi connectivity index (χ1v) is 3.70. The van der Waals surface area contributed by atoms with Crippen LogP contribution in [-0.2, 0) is 0 Å². The van der Waals surface area contributed by atoms with Gasteiger partial charge in [0.25, 0.3) is 0 Å². The van der Waals surface area contributed by atoms with Crippen molar-refractivity contribution in [2.75, 3.05) is 13.7 Å². The van der Waals surface area contributed by atoms with Crippen molar-refractivity contribution >= 4 is 0 Å². The summed E-state index contributed by atoms with van der Waals surface area (Å²) in [4.78, 5) is 2.16. The highest BCUT2D eigenvalue weighted by atomic mass is 15.3. The Morgan fingerprint density at radius 2 is 2.36 bits per heavy atom. The third-order valence-corrected chi connectivity index (χ3v) is 1.77. The average molecular weight is 150 g/mol. The van der Waals surface area contributed by atoms with Gasteiger partial charge in [-0.25, -0.2) is 0 Å². The Bertz CT molecular complexity index is 214. The van der Waals surface area contributed by atoms with Gasteiger partial charge in [0.1, 0.15) is 0 Å². The van der Waals surface area contributed by atoms with E-state index in [2.05, 4.69) is 36.8 Å². The SMILES string of the molecule is C=C/C=C\C1=C(C)NCN1C. The summed E-state index contributed by atoms with van der Waals surface area (Å²) in [7, 11) is 2.06. The summed E-state index contributed by atoms with van der Waals surface area (Å²) in [5, 5.41) is 3.25. The normalized spacial score (nSPS) is 17.8. The van der Waals surface area contributed by atoms with Crippen molar-refractivity contribution in [1.29, 1.82) is 0 Å². The smallest absolute Gasteiger partial charge is 0.0871 e. The van der Waals surface area contributed by atoms with Crippen LogP contribution >= 0.6 is 0 Å². The second-order valence-corrected chi connectivity index (χ2v) is 2.64. The molecular weight excluding hydrogens is 136 g/mol. The molecule has 1 aliphatic heterocycles. The zero-order chi connectivity index (χ0) is 8.27. The van der Waals surface area contributed by atoms with Crippen molar-refractivity contribution in [2.24, 2.45) is 0 Å². The predicted octanol–water partition coefficient (Wildman–Crippen LogP) is 1.45. The van der Waals surface area contributed by atoms with E-state index in [1.807, 2.05) is 6.08 Å². The van der Waals surface area contributed by atoms with Crippen LogP contribution in [0, 0.1) is 0 Å². The van der Waals surface area contributed by atoms with Crippen molar-refractivity contribution in [2.45, 2.75) is 6.92 Å². The minimum atomic E-state index is 0.905. The minimum absolute atomic E-state index is 0.905. The Labute approximate surface area is 67.9 Å². The van der Waals surface area contributed by atoms with Gasteiger partial charge in [-0.3, -0.25) is 0 Å². The molecular formula is C9H14N2. The summed E-state index contributed by atoms with van der Waals surface area (Å²) in [6, 6.07) is 0. The van der Waals surface area contributed by atoms with Crippen LogP contribution in [-0.4, -0.2) is 18.6 Å². The molecule has 0 unspecified atom stereocenters. The Morgan fingerprint density at radius 3 is 2.82 bits per heavy atom. The van der Waals surface area contributed by atoms with Crippen LogP contribution in [0.15, 0.2) is 36.2 Å². The zero-order valence-electron chi connectivity index (χ0n) is 7.09. The molecule has 0 aliphatic carbocycles. The van der Waals surface area contributed by atoms with Gasteiger partial charge in [0.05, 0.1) is 12.4 Å². The van der Waals surface area contributed by atoms with E-state index in [9.17, 15) is 0 Å². The second-order valence-electron chi connectivity index (χ2n) is 2.64. The third-order valence-electron chi connectivity index (χ3n) is 1.77. The molecule has 0 bridgehead atoms. The van der Waals surface area contributed by atoms with Crippen molar-refractivity contribution in [3.63, 3.8) is 0 Å². The Hall–Kier alpha value is -1.18. The molecule has 0 aromatic heterocycles. The van der Waals surface area contributed by atoms with Gasteiger partial charge in [0.15, 0.2) is 0 Å². The van der Waals surface area contributed by atoms with Gasteiger partial charge < -0.3 is 10.2 Å². The van der Waals surface area contributed by atoms with E-state index in [-0.39, 0.29) is 0 Å². The fourth-order valence-corrected chi connectivity index (χ4v) is 1.11. The second kappa shape index (κ2) is 3.28. The average Bonchev–Trinajstić information content (AvgIpc) is 2.29. The molecule has 60 valence electrons. The van der Waals surface area contributed by atoms with Gasteiger partial charge >= 0.3 is 0 Å². The molecule has 2 nitrogen and oxygen atoms in total. The van der Waals surface area contributed by atoms with E-state index in [0.717, 1.165) is 6.67 Å². The molecule has 1 rings (SSSR count). The number of likely N-dealkylation sites (N-methyl/N-ethyl adjacent to an activating group) is 1. The highest BCUT2D eigenvalue weighted by Gasteiger charge is 2.11. The molecule has 1 N–H and O–H groups in total. The Morgan fingerprint density at radius 1 is 1.64 bits per heavy atom. The van der Waals surface area contributed by atoms with Gasteiger partial charge in [-0.2, -0.15) is 0 Å². The lowest BCUT2D eigenvalue weighted by molar-refractivity contribution is 0.452. The lowest BCUT2D eigenvalue weighted by Gasteiger charge is -2.10. The lowest BCUT2D eigenvalue weighted by Crippen LogP contribution is -2.18. The first-order valence-electron chi connectivity index (χ1n) is 3.70. The highest BCUT2D eigenvalue weighted by molar-refractivity contribution is 5.27. The zero-order valence-corrected chi connectivity index (χ0v) is 7.09. The van der Waals surface area contributed by atoms with E-state index in [1.54, 1.807) is 6.08 Å². The van der Waals surface area contributed by atoms with Crippen LogP contribution in [0.4, 0.5) is 0 Å². The molecule has 0 atom stereocenters. The maximum absolute atomic E-state index is 3.62. The lowest BCUT2D eigenvalue weighted by atomic mass is 10.3. The van der Waals surface area contributed by atoms with Crippen LogP contribution in [0.5, 0.6) is 0 Å². The number of hydrogen-bond acceptors (Lipinski definition) is 2. The summed E-state index contributed by atoms with van der Waals surface area (Å²) in [6.07, 6.45) is 5.79. The van der Waals surface area contributed by atoms with Crippen molar-refractivity contribution in [3.8, 4) is 0 Å². The van der Waals surface area contributed by atoms with Crippen molar-refractivity contribution in [1.82, 2.24) is 10.2 Å². The number of nitrogens with one attached hydrogen (secondary N) is 1. The molecule has 0 aromatic rings. The van der Waals surface area contributed by atoms with Crippen LogP contribution in [0.2, 0.25) is 0 Å². The summed E-state index contributed by atoms with van der Waals surface area (Å²) in [5.41, 5.74) is 2.47. The van der Waals surface area contributed by atoms with Gasteiger partial charge in [-0.05, 0) is 13.0 Å². The molecule has 2 heteroatoms. The Kier molecular flexibility index (Phi) is 2.36. The van der Waals surface area contributed by atoms with E-state index in [4.69, 9.17) is 0 Å². The molecule has 0 saturated carbocycles. The number of nitrogens with zero attached hydrogens (tertiary/aromatic N) is 1. The maximum atomic E-state index is 3.62. The summed E-state index contributed by atoms with van der Waals surface area (Å²) in [5.74, 6) is 0. The summed E-state index contributed by atoms with van der Waals surface area (Å²) in [6.45, 7) is 6.60. The fourth-order valence-electron chi connectivity index (χ4n) is 1.11. The van der Waals surface area contributed by atoms with E-state index >= 15 is 0 Å². The van der Waals surface area contributed by atoms with Gasteiger partial charge in [0.2, 0.25) is 0 Å². The molecule has 0 amide bonds. The van der Waals surface area contributed by atoms with Crippen LogP contribution < -0.4 is 5.32 Å². The monoisotopic (exact) mass is 150 g/mol. The van der Waals surface area contributed by atoms with Crippen molar-refractivity contribution in [3.05, 3.63) is 36.2 Å². The number of hydrogen-bond donors (Lipinski definition) is 1. The third kappa shape index (κ3) is 1.64. The Balaban J connectivity index is 2.74. The van der Waals surface area contributed by atoms with Crippen molar-refractivity contribution < 1.29 is 0 Å². The number of allylic oxidation sites excluding steroid dienone is 4. The quantitative estimate of drug-likeness (QED) is 0.599. The summed E-state index contributed by atoms with van der Waals surface area (Å²) >= 11 is 0. The number of rotatable bonds is 2. The minimum Gasteiger partial charge on any atom is -0.370 e. The van der Waals surface area contributed by atoms with Crippen LogP contribution in [0.1, 0.15) is 6.92 Å². The fraction of sp³-hybridized carbons (Fsp3) is 0.333. The standard InChI is InChI=1S/C9H14N2/c1-4-5-6-9-8(2)10-7-11(9)3/h4-6,10H,1,7H2,2-3H3/b6-5-. The highest BCUT2D eigenvalue weighted by Crippen LogP contribution is 2.12. The van der Waals surface area contributed by atoms with Crippen LogP contribution in [0.3, 0.4) is 0 Å². The van der Waals surface area contributed by atoms with Gasteiger partial charge in [-0.1, -0.05) is 18.7 Å². The molecule has 1 aliphatic rings. The predicted molar refractivity (Wildman–Crippen MR) is 47.8 cm³/mol. The molecule has 0 fully saturated rings. The topological polar surface area (TPSA) is 15.3 Å². The van der Waals surface area contributed by atoms with E-state index in [1.165, 1.54) is 11.4 Å². The largest absolute Gasteiger partial charge is 0.370 e.